The first-order chi connectivity index (χ1) is 10.9. The molecule has 5 heteroatoms. The molecule has 5 nitrogen and oxygen atoms in total. The second-order valence-corrected chi connectivity index (χ2v) is 6.62. The first-order valence-corrected chi connectivity index (χ1v) is 7.86. The van der Waals surface area contributed by atoms with Gasteiger partial charge < -0.3 is 15.4 Å². The summed E-state index contributed by atoms with van der Waals surface area (Å²) in [6.07, 6.45) is 0.885. The number of nitrogens with zero attached hydrogens (tertiary/aromatic N) is 2. The van der Waals surface area contributed by atoms with Crippen molar-refractivity contribution in [3.8, 4) is 5.75 Å². The maximum Gasteiger partial charge on any atom is 0.224 e. The summed E-state index contributed by atoms with van der Waals surface area (Å²) in [7, 11) is 1.68. The summed E-state index contributed by atoms with van der Waals surface area (Å²) in [5, 5.41) is 6.67. The average molecular weight is 314 g/mol. The number of methoxy groups -OCH3 is 1. The molecule has 1 heterocycles. The molecule has 0 spiro atoms. The SMILES string of the molecule is COc1cccc(CCNc2nc(C)cc(NC(C)(C)C)n2)c1. The van der Waals surface area contributed by atoms with E-state index < -0.39 is 0 Å². The Morgan fingerprint density at radius 3 is 2.61 bits per heavy atom. The van der Waals surface area contributed by atoms with Gasteiger partial charge in [0.15, 0.2) is 0 Å². The minimum absolute atomic E-state index is 0.0291. The zero-order chi connectivity index (χ0) is 16.9. The number of rotatable bonds is 6. The smallest absolute Gasteiger partial charge is 0.224 e. The van der Waals surface area contributed by atoms with Gasteiger partial charge in [-0.15, -0.1) is 0 Å². The molecule has 23 heavy (non-hydrogen) atoms. The summed E-state index contributed by atoms with van der Waals surface area (Å²) in [6, 6.07) is 10.0. The van der Waals surface area contributed by atoms with Crippen LogP contribution in [0.25, 0.3) is 0 Å². The molecule has 1 aromatic heterocycles. The van der Waals surface area contributed by atoms with Gasteiger partial charge in [-0.2, -0.15) is 4.98 Å². The van der Waals surface area contributed by atoms with Crippen molar-refractivity contribution in [2.24, 2.45) is 0 Å². The second-order valence-electron chi connectivity index (χ2n) is 6.62. The number of ether oxygens (including phenoxy) is 1. The number of aryl methyl sites for hydroxylation is 1. The van der Waals surface area contributed by atoms with E-state index in [9.17, 15) is 0 Å². The van der Waals surface area contributed by atoms with Crippen LogP contribution in [0, 0.1) is 6.92 Å². The molecule has 0 amide bonds. The van der Waals surface area contributed by atoms with Gasteiger partial charge in [-0.25, -0.2) is 4.98 Å². The number of nitrogens with one attached hydrogen (secondary N) is 2. The predicted octanol–water partition coefficient (Wildman–Crippen LogP) is 3.66. The Morgan fingerprint density at radius 1 is 1.13 bits per heavy atom. The maximum atomic E-state index is 5.24. The molecule has 1 aromatic carbocycles. The van der Waals surface area contributed by atoms with E-state index in [4.69, 9.17) is 4.74 Å². The molecule has 2 N–H and O–H groups in total. The molecule has 0 bridgehead atoms. The lowest BCUT2D eigenvalue weighted by Gasteiger charge is -2.21. The van der Waals surface area contributed by atoms with Crippen LogP contribution < -0.4 is 15.4 Å². The third-order valence-corrected chi connectivity index (χ3v) is 3.19. The Hall–Kier alpha value is -2.30. The van der Waals surface area contributed by atoms with E-state index in [1.807, 2.05) is 31.2 Å². The molecule has 0 aliphatic carbocycles. The summed E-state index contributed by atoms with van der Waals surface area (Å²) < 4.78 is 5.24. The second kappa shape index (κ2) is 7.31. The molecule has 0 aliphatic heterocycles. The zero-order valence-corrected chi connectivity index (χ0v) is 14.6. The number of benzene rings is 1. The summed E-state index contributed by atoms with van der Waals surface area (Å²) in [6.45, 7) is 9.08. The van der Waals surface area contributed by atoms with Gasteiger partial charge in [0.2, 0.25) is 5.95 Å². The summed E-state index contributed by atoms with van der Waals surface area (Å²) in [5.41, 5.74) is 2.13. The van der Waals surface area contributed by atoms with Gasteiger partial charge in [-0.05, 0) is 51.8 Å². The first-order valence-electron chi connectivity index (χ1n) is 7.86. The van der Waals surface area contributed by atoms with Crippen LogP contribution in [0.5, 0.6) is 5.75 Å². The van der Waals surface area contributed by atoms with Gasteiger partial charge >= 0.3 is 0 Å². The Bertz CT molecular complexity index is 650. The summed E-state index contributed by atoms with van der Waals surface area (Å²) >= 11 is 0. The van der Waals surface area contributed by atoms with Crippen molar-refractivity contribution in [2.45, 2.75) is 39.7 Å². The highest BCUT2D eigenvalue weighted by Crippen LogP contribution is 2.16. The zero-order valence-electron chi connectivity index (χ0n) is 14.6. The Morgan fingerprint density at radius 2 is 1.91 bits per heavy atom. The van der Waals surface area contributed by atoms with E-state index in [0.29, 0.717) is 5.95 Å². The fraction of sp³-hybridized carbons (Fsp3) is 0.444. The Labute approximate surface area is 138 Å². The van der Waals surface area contributed by atoms with Crippen LogP contribution in [0.2, 0.25) is 0 Å². The molecule has 0 saturated heterocycles. The Balaban J connectivity index is 1.97. The van der Waals surface area contributed by atoms with Crippen molar-refractivity contribution in [3.63, 3.8) is 0 Å². The van der Waals surface area contributed by atoms with Gasteiger partial charge in [-0.3, -0.25) is 0 Å². The summed E-state index contributed by atoms with van der Waals surface area (Å²) in [4.78, 5) is 8.97. The fourth-order valence-corrected chi connectivity index (χ4v) is 2.24. The van der Waals surface area contributed by atoms with E-state index in [2.05, 4.69) is 47.4 Å². The lowest BCUT2D eigenvalue weighted by atomic mass is 10.1. The molecule has 0 aliphatic rings. The molecular weight excluding hydrogens is 288 g/mol. The first kappa shape index (κ1) is 17.1. The quantitative estimate of drug-likeness (QED) is 0.852. The van der Waals surface area contributed by atoms with Crippen molar-refractivity contribution in [2.75, 3.05) is 24.3 Å². The topological polar surface area (TPSA) is 59.1 Å². The molecule has 2 aromatic rings. The monoisotopic (exact) mass is 314 g/mol. The van der Waals surface area contributed by atoms with Crippen molar-refractivity contribution in [3.05, 3.63) is 41.6 Å². The number of hydrogen-bond donors (Lipinski definition) is 2. The van der Waals surface area contributed by atoms with E-state index in [0.717, 1.165) is 30.2 Å². The Kier molecular flexibility index (Phi) is 5.42. The van der Waals surface area contributed by atoms with Crippen molar-refractivity contribution in [1.82, 2.24) is 9.97 Å². The van der Waals surface area contributed by atoms with Crippen LogP contribution >= 0.6 is 0 Å². The van der Waals surface area contributed by atoms with Gasteiger partial charge in [-0.1, -0.05) is 12.1 Å². The van der Waals surface area contributed by atoms with Gasteiger partial charge in [0.1, 0.15) is 11.6 Å². The van der Waals surface area contributed by atoms with E-state index in [-0.39, 0.29) is 5.54 Å². The molecule has 0 unspecified atom stereocenters. The fourth-order valence-electron chi connectivity index (χ4n) is 2.24. The standard InChI is InChI=1S/C18H26N4O/c1-13-11-16(22-18(2,3)4)21-17(20-13)19-10-9-14-7-6-8-15(12-14)23-5/h6-8,11-12H,9-10H2,1-5H3,(H2,19,20,21,22). The third kappa shape index (κ3) is 5.77. The molecule has 0 radical (unpaired) electrons. The predicted molar refractivity (Wildman–Crippen MR) is 95.3 cm³/mol. The molecule has 2 rings (SSSR count). The van der Waals surface area contributed by atoms with Crippen LogP contribution in [-0.2, 0) is 6.42 Å². The molecular formula is C18H26N4O. The number of aromatic nitrogens is 2. The third-order valence-electron chi connectivity index (χ3n) is 3.19. The summed E-state index contributed by atoms with van der Waals surface area (Å²) in [5.74, 6) is 2.37. The van der Waals surface area contributed by atoms with Crippen LogP contribution in [0.4, 0.5) is 11.8 Å². The molecule has 0 atom stereocenters. The van der Waals surface area contributed by atoms with E-state index in [1.54, 1.807) is 7.11 Å². The van der Waals surface area contributed by atoms with Crippen molar-refractivity contribution >= 4 is 11.8 Å². The van der Waals surface area contributed by atoms with Crippen LogP contribution in [0.1, 0.15) is 32.0 Å². The number of anilines is 2. The number of hydrogen-bond acceptors (Lipinski definition) is 5. The highest BCUT2D eigenvalue weighted by atomic mass is 16.5. The minimum atomic E-state index is -0.0291. The largest absolute Gasteiger partial charge is 0.497 e. The maximum absolute atomic E-state index is 5.24. The normalized spacial score (nSPS) is 11.2. The highest BCUT2D eigenvalue weighted by Gasteiger charge is 2.11. The molecule has 124 valence electrons. The lowest BCUT2D eigenvalue weighted by molar-refractivity contribution is 0.414. The minimum Gasteiger partial charge on any atom is -0.497 e. The van der Waals surface area contributed by atoms with Crippen LogP contribution in [-0.4, -0.2) is 29.2 Å². The van der Waals surface area contributed by atoms with Gasteiger partial charge in [0.05, 0.1) is 7.11 Å². The lowest BCUT2D eigenvalue weighted by Crippen LogP contribution is -2.27. The highest BCUT2D eigenvalue weighted by molar-refractivity contribution is 5.43. The van der Waals surface area contributed by atoms with Crippen LogP contribution in [0.15, 0.2) is 30.3 Å². The van der Waals surface area contributed by atoms with E-state index >= 15 is 0 Å². The van der Waals surface area contributed by atoms with Crippen molar-refractivity contribution < 1.29 is 4.74 Å². The van der Waals surface area contributed by atoms with Crippen LogP contribution in [0.3, 0.4) is 0 Å². The average Bonchev–Trinajstić information content (AvgIpc) is 2.45. The van der Waals surface area contributed by atoms with Gasteiger partial charge in [0, 0.05) is 23.8 Å². The van der Waals surface area contributed by atoms with E-state index in [1.165, 1.54) is 5.56 Å². The van der Waals surface area contributed by atoms with Gasteiger partial charge in [0.25, 0.3) is 0 Å². The molecule has 0 saturated carbocycles. The molecule has 0 fully saturated rings. The van der Waals surface area contributed by atoms with Crippen molar-refractivity contribution in [1.29, 1.82) is 0 Å².